The summed E-state index contributed by atoms with van der Waals surface area (Å²) in [4.78, 5) is 0. The molecule has 0 saturated heterocycles. The molecule has 4 aromatic rings. The first-order valence-electron chi connectivity index (χ1n) is 9.68. The molecule has 0 bridgehead atoms. The molecule has 31 heavy (non-hydrogen) atoms. The number of rotatable bonds is 6. The maximum absolute atomic E-state index is 13.1. The molecular formula is C25H24O4P2. The van der Waals surface area contributed by atoms with Crippen LogP contribution >= 0.6 is 17.1 Å². The average Bonchev–Trinajstić information content (AvgIpc) is 2.78. The van der Waals surface area contributed by atoms with Crippen molar-refractivity contribution in [2.24, 2.45) is 0 Å². The van der Waals surface area contributed by atoms with E-state index in [9.17, 15) is 4.57 Å². The number of hydrogen-bond acceptors (Lipinski definition) is 4. The Bertz CT molecular complexity index is 958. The van der Waals surface area contributed by atoms with Crippen LogP contribution in [0.25, 0.3) is 0 Å². The summed E-state index contributed by atoms with van der Waals surface area (Å²) in [5.41, 5.74) is 1.32. The largest absolute Gasteiger partial charge is 0.647 e. The molecule has 0 saturated carbocycles. The number of benzene rings is 4. The van der Waals surface area contributed by atoms with Crippen molar-refractivity contribution in [2.45, 2.75) is 6.92 Å². The van der Waals surface area contributed by atoms with Crippen LogP contribution in [0.3, 0.4) is 0 Å². The van der Waals surface area contributed by atoms with E-state index in [2.05, 4.69) is 40.4 Å². The van der Waals surface area contributed by atoms with E-state index in [0.29, 0.717) is 17.2 Å². The van der Waals surface area contributed by atoms with Gasteiger partial charge in [-0.1, -0.05) is 84.4 Å². The molecule has 0 aliphatic carbocycles. The van der Waals surface area contributed by atoms with E-state index in [4.69, 9.17) is 13.6 Å². The van der Waals surface area contributed by atoms with Crippen molar-refractivity contribution in [3.05, 3.63) is 121 Å². The van der Waals surface area contributed by atoms with Crippen LogP contribution in [-0.2, 0) is 4.57 Å². The van der Waals surface area contributed by atoms with Crippen LogP contribution in [0.1, 0.15) is 5.56 Å². The third-order valence-electron chi connectivity index (χ3n) is 3.96. The third-order valence-corrected chi connectivity index (χ3v) is 5.65. The molecule has 0 heterocycles. The predicted molar refractivity (Wildman–Crippen MR) is 129 cm³/mol. The van der Waals surface area contributed by atoms with Crippen LogP contribution < -0.4 is 18.9 Å². The van der Waals surface area contributed by atoms with Gasteiger partial charge in [-0.25, -0.2) is 0 Å². The molecule has 0 fully saturated rings. The first kappa shape index (κ1) is 22.6. The van der Waals surface area contributed by atoms with Gasteiger partial charge >= 0.3 is 7.82 Å². The van der Waals surface area contributed by atoms with Gasteiger partial charge in [0.25, 0.3) is 0 Å². The van der Waals surface area contributed by atoms with Crippen molar-refractivity contribution in [1.82, 2.24) is 0 Å². The van der Waals surface area contributed by atoms with Gasteiger partial charge in [-0.2, -0.15) is 4.57 Å². The lowest BCUT2D eigenvalue weighted by Crippen LogP contribution is -2.07. The van der Waals surface area contributed by atoms with E-state index >= 15 is 0 Å². The molecule has 158 valence electrons. The van der Waals surface area contributed by atoms with Gasteiger partial charge in [-0.15, -0.1) is 9.24 Å². The lowest BCUT2D eigenvalue weighted by molar-refractivity contribution is 0.298. The maximum Gasteiger partial charge on any atom is 0.647 e. The molecule has 0 N–H and O–H groups in total. The van der Waals surface area contributed by atoms with Gasteiger partial charge in [-0.05, 0) is 48.6 Å². The van der Waals surface area contributed by atoms with Crippen LogP contribution in [-0.4, -0.2) is 0 Å². The number of aryl methyl sites for hydroxylation is 1. The fraction of sp³-hybridized carbons (Fsp3) is 0.0400. The summed E-state index contributed by atoms with van der Waals surface area (Å²) in [6, 6.07) is 34.7. The Balaban J connectivity index is 0.000000287. The summed E-state index contributed by atoms with van der Waals surface area (Å²) >= 11 is 0. The second-order valence-corrected chi connectivity index (χ2v) is 8.68. The monoisotopic (exact) mass is 450 g/mol. The number of phosphoric ester groups is 1. The Morgan fingerprint density at radius 3 is 1.16 bits per heavy atom. The second-order valence-electron chi connectivity index (χ2n) is 6.57. The molecular weight excluding hydrogens is 426 g/mol. The predicted octanol–water partition coefficient (Wildman–Crippen LogP) is 6.83. The van der Waals surface area contributed by atoms with Gasteiger partial charge in [0.1, 0.15) is 17.2 Å². The molecule has 0 aliphatic heterocycles. The van der Waals surface area contributed by atoms with Crippen LogP contribution in [0.4, 0.5) is 0 Å². The van der Waals surface area contributed by atoms with E-state index in [0.717, 1.165) is 0 Å². The van der Waals surface area contributed by atoms with Crippen molar-refractivity contribution in [2.75, 3.05) is 0 Å². The molecule has 0 aliphatic rings. The first-order valence-corrected chi connectivity index (χ1v) is 11.7. The average molecular weight is 450 g/mol. The zero-order valence-electron chi connectivity index (χ0n) is 17.1. The Morgan fingerprint density at radius 2 is 0.871 bits per heavy atom. The molecule has 0 amide bonds. The third kappa shape index (κ3) is 7.94. The van der Waals surface area contributed by atoms with Gasteiger partial charge < -0.3 is 13.6 Å². The molecule has 0 aromatic heterocycles. The number of phosphoric acid groups is 1. The number of para-hydroxylation sites is 3. The van der Waals surface area contributed by atoms with E-state index in [1.54, 1.807) is 72.8 Å². The standard InChI is InChI=1S/C18H15O4P.C7H9P/c19-23(20-16-10-4-1-5-11-16,21-17-12-6-2-7-13-17)22-18-14-8-3-9-15-18;1-6-2-4-7(8)5-3-6/h1-15H;2-5H,8H2,1H3. The van der Waals surface area contributed by atoms with Gasteiger partial charge in [0.05, 0.1) is 0 Å². The molecule has 6 heteroatoms. The summed E-state index contributed by atoms with van der Waals surface area (Å²) in [7, 11) is -1.23. The summed E-state index contributed by atoms with van der Waals surface area (Å²) in [6.07, 6.45) is 0. The van der Waals surface area contributed by atoms with Crippen molar-refractivity contribution in [3.63, 3.8) is 0 Å². The Morgan fingerprint density at radius 1 is 0.548 bits per heavy atom. The summed E-state index contributed by atoms with van der Waals surface area (Å²) in [5.74, 6) is 1.22. The van der Waals surface area contributed by atoms with E-state index < -0.39 is 7.82 Å². The van der Waals surface area contributed by atoms with Crippen LogP contribution in [0.5, 0.6) is 17.2 Å². The zero-order valence-corrected chi connectivity index (χ0v) is 19.2. The topological polar surface area (TPSA) is 44.8 Å². The molecule has 4 rings (SSSR count). The fourth-order valence-electron chi connectivity index (χ4n) is 2.45. The highest BCUT2D eigenvalue weighted by atomic mass is 31.2. The van der Waals surface area contributed by atoms with Gasteiger partial charge in [0.2, 0.25) is 0 Å². The minimum Gasteiger partial charge on any atom is -0.386 e. The highest BCUT2D eigenvalue weighted by molar-refractivity contribution is 7.49. The lowest BCUT2D eigenvalue weighted by Gasteiger charge is -2.19. The maximum atomic E-state index is 13.1. The lowest BCUT2D eigenvalue weighted by atomic mass is 10.2. The normalized spacial score (nSPS) is 10.4. The van der Waals surface area contributed by atoms with Gasteiger partial charge in [-0.3, -0.25) is 0 Å². The first-order chi connectivity index (χ1) is 15.0. The smallest absolute Gasteiger partial charge is 0.386 e. The van der Waals surface area contributed by atoms with Crippen LogP contribution in [0, 0.1) is 6.92 Å². The quantitative estimate of drug-likeness (QED) is 0.302. The van der Waals surface area contributed by atoms with E-state index in [1.807, 2.05) is 18.2 Å². The van der Waals surface area contributed by atoms with Crippen LogP contribution in [0.15, 0.2) is 115 Å². The van der Waals surface area contributed by atoms with Crippen molar-refractivity contribution in [3.8, 4) is 17.2 Å². The van der Waals surface area contributed by atoms with Gasteiger partial charge in [0.15, 0.2) is 0 Å². The molecule has 4 aromatic carbocycles. The van der Waals surface area contributed by atoms with Crippen molar-refractivity contribution in [1.29, 1.82) is 0 Å². The fourth-order valence-corrected chi connectivity index (χ4v) is 3.90. The van der Waals surface area contributed by atoms with E-state index in [1.165, 1.54) is 10.9 Å². The van der Waals surface area contributed by atoms with Crippen molar-refractivity contribution < 1.29 is 18.1 Å². The summed E-state index contributed by atoms with van der Waals surface area (Å²) < 4.78 is 29.6. The molecule has 4 nitrogen and oxygen atoms in total. The van der Waals surface area contributed by atoms with Crippen molar-refractivity contribution >= 4 is 22.4 Å². The summed E-state index contributed by atoms with van der Waals surface area (Å²) in [6.45, 7) is 2.09. The minimum atomic E-state index is -3.89. The Labute approximate surface area is 185 Å². The Kier molecular flexibility index (Phi) is 8.29. The molecule has 1 unspecified atom stereocenters. The zero-order chi connectivity index (χ0) is 21.9. The highest BCUT2D eigenvalue weighted by Crippen LogP contribution is 2.49. The highest BCUT2D eigenvalue weighted by Gasteiger charge is 2.33. The van der Waals surface area contributed by atoms with Gasteiger partial charge in [0, 0.05) is 0 Å². The number of hydrogen-bond donors (Lipinski definition) is 0. The Hall–Kier alpha value is -3.06. The SMILES string of the molecule is Cc1ccc(P)cc1.O=P(Oc1ccccc1)(Oc1ccccc1)Oc1ccccc1. The van der Waals surface area contributed by atoms with Crippen LogP contribution in [0.2, 0.25) is 0 Å². The molecule has 1 atom stereocenters. The summed E-state index contributed by atoms with van der Waals surface area (Å²) in [5, 5.41) is 1.25. The molecule has 0 spiro atoms. The van der Waals surface area contributed by atoms with E-state index in [-0.39, 0.29) is 0 Å². The molecule has 0 radical (unpaired) electrons. The second kappa shape index (κ2) is 11.4. The minimum absolute atomic E-state index is 0.405.